The number of carbonyl (C=O) groups is 2. The van der Waals surface area contributed by atoms with Crippen LogP contribution in [0.2, 0.25) is 0 Å². The lowest BCUT2D eigenvalue weighted by atomic mass is 10.0. The molecule has 2 aromatic carbocycles. The summed E-state index contributed by atoms with van der Waals surface area (Å²) in [6, 6.07) is 10.9. The summed E-state index contributed by atoms with van der Waals surface area (Å²) in [5, 5.41) is 22.1. The number of benzene rings is 2. The minimum Gasteiger partial charge on any atom is -0.508 e. The molecule has 1 heterocycles. The van der Waals surface area contributed by atoms with E-state index in [9.17, 15) is 19.8 Å². The number of furan rings is 1. The molecule has 0 aliphatic heterocycles. The molecular formula is C20H19NO5. The van der Waals surface area contributed by atoms with E-state index in [0.29, 0.717) is 16.7 Å². The molecule has 1 amide bonds. The lowest BCUT2D eigenvalue weighted by Crippen LogP contribution is -2.43. The second kappa shape index (κ2) is 7.31. The number of carboxylic acids is 1. The molecule has 0 fully saturated rings. The Kier molecular flexibility index (Phi) is 4.93. The molecule has 1 aromatic heterocycles. The zero-order valence-electron chi connectivity index (χ0n) is 14.2. The van der Waals surface area contributed by atoms with Crippen LogP contribution in [0.4, 0.5) is 0 Å². The van der Waals surface area contributed by atoms with Crippen molar-refractivity contribution in [2.75, 3.05) is 0 Å². The number of fused-ring (bicyclic) bond motifs is 1. The molecule has 0 bridgehead atoms. The van der Waals surface area contributed by atoms with Gasteiger partial charge in [-0.2, -0.15) is 0 Å². The maximum absolute atomic E-state index is 12.3. The highest BCUT2D eigenvalue weighted by Crippen LogP contribution is 2.22. The maximum Gasteiger partial charge on any atom is 0.326 e. The van der Waals surface area contributed by atoms with Crippen molar-refractivity contribution in [3.8, 4) is 5.75 Å². The number of carboxylic acid groups (broad SMARTS) is 1. The van der Waals surface area contributed by atoms with E-state index in [4.69, 9.17) is 4.42 Å². The summed E-state index contributed by atoms with van der Waals surface area (Å²) >= 11 is 0. The molecule has 3 rings (SSSR count). The first-order valence-electron chi connectivity index (χ1n) is 8.19. The second-order valence-electron chi connectivity index (χ2n) is 6.27. The Hall–Kier alpha value is -3.28. The van der Waals surface area contributed by atoms with Gasteiger partial charge in [-0.3, -0.25) is 4.79 Å². The van der Waals surface area contributed by atoms with Gasteiger partial charge in [-0.15, -0.1) is 0 Å². The van der Waals surface area contributed by atoms with Crippen LogP contribution >= 0.6 is 0 Å². The molecule has 6 heteroatoms. The highest BCUT2D eigenvalue weighted by atomic mass is 16.4. The van der Waals surface area contributed by atoms with Crippen LogP contribution < -0.4 is 5.32 Å². The summed E-state index contributed by atoms with van der Waals surface area (Å²) in [4.78, 5) is 23.8. The monoisotopic (exact) mass is 353 g/mol. The Labute approximate surface area is 150 Å². The fourth-order valence-corrected chi connectivity index (χ4v) is 2.81. The number of phenolic OH excluding ortho intramolecular Hbond substituents is 1. The van der Waals surface area contributed by atoms with Gasteiger partial charge in [0, 0.05) is 17.4 Å². The van der Waals surface area contributed by atoms with Crippen LogP contribution in [-0.2, 0) is 22.4 Å². The van der Waals surface area contributed by atoms with Crippen molar-refractivity contribution in [1.82, 2.24) is 5.32 Å². The van der Waals surface area contributed by atoms with Crippen molar-refractivity contribution < 1.29 is 24.2 Å². The third kappa shape index (κ3) is 4.03. The van der Waals surface area contributed by atoms with E-state index < -0.39 is 12.0 Å². The first kappa shape index (κ1) is 17.5. The fourth-order valence-electron chi connectivity index (χ4n) is 2.81. The van der Waals surface area contributed by atoms with Crippen molar-refractivity contribution >= 4 is 22.8 Å². The quantitative estimate of drug-likeness (QED) is 0.633. The summed E-state index contributed by atoms with van der Waals surface area (Å²) in [6.45, 7) is 1.95. The molecule has 1 atom stereocenters. The summed E-state index contributed by atoms with van der Waals surface area (Å²) in [7, 11) is 0. The third-order valence-corrected chi connectivity index (χ3v) is 4.17. The molecule has 0 saturated heterocycles. The van der Waals surface area contributed by atoms with Gasteiger partial charge in [0.25, 0.3) is 0 Å². The van der Waals surface area contributed by atoms with Gasteiger partial charge in [-0.05, 0) is 36.2 Å². The number of aryl methyl sites for hydroxylation is 1. The van der Waals surface area contributed by atoms with Gasteiger partial charge in [-0.1, -0.05) is 24.3 Å². The smallest absolute Gasteiger partial charge is 0.326 e. The summed E-state index contributed by atoms with van der Waals surface area (Å²) in [5.74, 6) is -1.40. The molecule has 3 N–H and O–H groups in total. The standard InChI is InChI=1S/C20H19NO5/c1-12-2-7-16-14(11-26-18(16)8-12)10-19(23)21-17(20(24)25)9-13-3-5-15(22)6-4-13/h2-8,11,17,22H,9-10H2,1H3,(H,21,23)(H,24,25)/t17-/m1/s1. The highest BCUT2D eigenvalue weighted by molar-refractivity contribution is 5.90. The number of rotatable bonds is 6. The van der Waals surface area contributed by atoms with E-state index in [1.165, 1.54) is 18.4 Å². The predicted molar refractivity (Wildman–Crippen MR) is 96.0 cm³/mol. The minimum atomic E-state index is -1.11. The molecule has 0 aliphatic carbocycles. The number of nitrogens with one attached hydrogen (secondary N) is 1. The average Bonchev–Trinajstić information content (AvgIpc) is 2.98. The van der Waals surface area contributed by atoms with E-state index in [2.05, 4.69) is 5.32 Å². The van der Waals surface area contributed by atoms with Gasteiger partial charge in [0.15, 0.2) is 0 Å². The van der Waals surface area contributed by atoms with Crippen LogP contribution in [0.5, 0.6) is 5.75 Å². The van der Waals surface area contributed by atoms with Crippen molar-refractivity contribution in [2.24, 2.45) is 0 Å². The minimum absolute atomic E-state index is 0.0371. The van der Waals surface area contributed by atoms with Crippen molar-refractivity contribution in [3.63, 3.8) is 0 Å². The molecule has 26 heavy (non-hydrogen) atoms. The zero-order valence-corrected chi connectivity index (χ0v) is 14.2. The third-order valence-electron chi connectivity index (χ3n) is 4.17. The van der Waals surface area contributed by atoms with E-state index in [0.717, 1.165) is 10.9 Å². The lowest BCUT2D eigenvalue weighted by molar-refractivity contribution is -0.141. The summed E-state index contributed by atoms with van der Waals surface area (Å²) < 4.78 is 5.47. The van der Waals surface area contributed by atoms with Crippen LogP contribution in [0.25, 0.3) is 11.0 Å². The van der Waals surface area contributed by atoms with Gasteiger partial charge < -0.3 is 19.9 Å². The molecule has 0 radical (unpaired) electrons. The Morgan fingerprint density at radius 3 is 2.58 bits per heavy atom. The van der Waals surface area contributed by atoms with Gasteiger partial charge in [0.1, 0.15) is 17.4 Å². The Morgan fingerprint density at radius 1 is 1.15 bits per heavy atom. The van der Waals surface area contributed by atoms with E-state index >= 15 is 0 Å². The molecule has 134 valence electrons. The van der Waals surface area contributed by atoms with Crippen LogP contribution in [0, 0.1) is 6.92 Å². The highest BCUT2D eigenvalue weighted by Gasteiger charge is 2.21. The van der Waals surface area contributed by atoms with Gasteiger partial charge in [-0.25, -0.2) is 4.79 Å². The number of phenols is 1. The van der Waals surface area contributed by atoms with E-state index in [1.54, 1.807) is 12.1 Å². The maximum atomic E-state index is 12.3. The first-order chi connectivity index (χ1) is 12.4. The van der Waals surface area contributed by atoms with E-state index in [1.807, 2.05) is 25.1 Å². The summed E-state index contributed by atoms with van der Waals surface area (Å²) in [5.41, 5.74) is 3.18. The molecule has 0 aliphatic rings. The van der Waals surface area contributed by atoms with Crippen molar-refractivity contribution in [2.45, 2.75) is 25.8 Å². The first-order valence-corrected chi connectivity index (χ1v) is 8.19. The Balaban J connectivity index is 1.69. The number of carbonyl (C=O) groups excluding carboxylic acids is 1. The van der Waals surface area contributed by atoms with Crippen LogP contribution in [0.15, 0.2) is 53.1 Å². The normalized spacial score (nSPS) is 12.0. The Bertz CT molecular complexity index is 942. The molecule has 0 saturated carbocycles. The number of aliphatic carboxylic acids is 1. The van der Waals surface area contributed by atoms with Gasteiger partial charge >= 0.3 is 5.97 Å². The predicted octanol–water partition coefficient (Wildman–Crippen LogP) is 2.80. The molecule has 0 spiro atoms. The SMILES string of the molecule is Cc1ccc2c(CC(=O)N[C@H](Cc3ccc(O)cc3)C(=O)O)coc2c1. The number of hydrogen-bond donors (Lipinski definition) is 3. The lowest BCUT2D eigenvalue weighted by Gasteiger charge is -2.14. The van der Waals surface area contributed by atoms with Crippen LogP contribution in [0.1, 0.15) is 16.7 Å². The topological polar surface area (TPSA) is 99.8 Å². The molecular weight excluding hydrogens is 334 g/mol. The number of hydrogen-bond acceptors (Lipinski definition) is 4. The molecule has 0 unspecified atom stereocenters. The number of amides is 1. The van der Waals surface area contributed by atoms with Crippen molar-refractivity contribution in [1.29, 1.82) is 0 Å². The van der Waals surface area contributed by atoms with Crippen molar-refractivity contribution in [3.05, 3.63) is 65.4 Å². The largest absolute Gasteiger partial charge is 0.508 e. The molecule has 6 nitrogen and oxygen atoms in total. The average molecular weight is 353 g/mol. The van der Waals surface area contributed by atoms with E-state index in [-0.39, 0.29) is 24.5 Å². The number of aromatic hydroxyl groups is 1. The Morgan fingerprint density at radius 2 is 1.88 bits per heavy atom. The van der Waals surface area contributed by atoms with Crippen LogP contribution in [0.3, 0.4) is 0 Å². The molecule has 3 aromatic rings. The van der Waals surface area contributed by atoms with Gasteiger partial charge in [0.2, 0.25) is 5.91 Å². The fraction of sp³-hybridized carbons (Fsp3) is 0.200. The summed E-state index contributed by atoms with van der Waals surface area (Å²) in [6.07, 6.45) is 1.70. The van der Waals surface area contributed by atoms with Gasteiger partial charge in [0.05, 0.1) is 12.7 Å². The zero-order chi connectivity index (χ0) is 18.7. The second-order valence-corrected chi connectivity index (χ2v) is 6.27. The van der Waals surface area contributed by atoms with Crippen LogP contribution in [-0.4, -0.2) is 28.1 Å².